The molecule has 3 heteroatoms. The molecule has 1 rings (SSSR count). The van der Waals surface area contributed by atoms with E-state index in [0.717, 1.165) is 6.42 Å². The van der Waals surface area contributed by atoms with Crippen molar-refractivity contribution in [3.8, 4) is 0 Å². The van der Waals surface area contributed by atoms with E-state index in [1.807, 2.05) is 7.05 Å². The molecule has 1 N–H and O–H groups in total. The van der Waals surface area contributed by atoms with Crippen molar-refractivity contribution < 1.29 is 9.47 Å². The zero-order chi connectivity index (χ0) is 11.1. The topological polar surface area (TPSA) is 30.5 Å². The minimum Gasteiger partial charge on any atom is -0.354 e. The van der Waals surface area contributed by atoms with Crippen LogP contribution in [0.5, 0.6) is 0 Å². The van der Waals surface area contributed by atoms with Crippen LogP contribution in [0.4, 0.5) is 0 Å². The molecule has 0 aromatic carbocycles. The van der Waals surface area contributed by atoms with Crippen molar-refractivity contribution in [2.24, 2.45) is 0 Å². The molecule has 15 heavy (non-hydrogen) atoms. The van der Waals surface area contributed by atoms with Gasteiger partial charge in [-0.3, -0.25) is 0 Å². The van der Waals surface area contributed by atoms with Crippen molar-refractivity contribution >= 4 is 0 Å². The second-order valence-electron chi connectivity index (χ2n) is 3.98. The first-order chi connectivity index (χ1) is 7.33. The summed E-state index contributed by atoms with van der Waals surface area (Å²) >= 11 is 0. The lowest BCUT2D eigenvalue weighted by atomic mass is 10.0. The molecule has 0 bridgehead atoms. The van der Waals surface area contributed by atoms with Crippen LogP contribution in [0.25, 0.3) is 0 Å². The van der Waals surface area contributed by atoms with Gasteiger partial charge in [0.15, 0.2) is 6.29 Å². The summed E-state index contributed by atoms with van der Waals surface area (Å²) in [4.78, 5) is 0. The van der Waals surface area contributed by atoms with Crippen LogP contribution in [0.2, 0.25) is 0 Å². The van der Waals surface area contributed by atoms with Gasteiger partial charge >= 0.3 is 0 Å². The van der Waals surface area contributed by atoms with Crippen molar-refractivity contribution in [1.82, 2.24) is 5.32 Å². The Hall–Kier alpha value is -0.380. The average molecular weight is 213 g/mol. The van der Waals surface area contributed by atoms with Gasteiger partial charge in [-0.2, -0.15) is 0 Å². The third-order valence-electron chi connectivity index (χ3n) is 3.02. The molecule has 1 aliphatic carbocycles. The predicted octanol–water partition coefficient (Wildman–Crippen LogP) is 2.08. The maximum absolute atomic E-state index is 5.32. The Morgan fingerprint density at radius 3 is 2.53 bits per heavy atom. The standard InChI is InChI=1S/C12H23NO2/c1-13-11(12(14-2)15-3)10-8-6-4-5-7-9-10/h8,11-13H,4-7,9H2,1-3H3. The van der Waals surface area contributed by atoms with Crippen molar-refractivity contribution in [1.29, 1.82) is 0 Å². The summed E-state index contributed by atoms with van der Waals surface area (Å²) in [5.41, 5.74) is 1.43. The Morgan fingerprint density at radius 1 is 1.20 bits per heavy atom. The Bertz CT molecular complexity index is 200. The van der Waals surface area contributed by atoms with Gasteiger partial charge in [0.25, 0.3) is 0 Å². The Morgan fingerprint density at radius 2 is 1.93 bits per heavy atom. The number of nitrogens with one attached hydrogen (secondary N) is 1. The molecule has 0 fully saturated rings. The molecule has 0 aromatic rings. The SMILES string of the molecule is CNC(C1=CCCCCC1)C(OC)OC. The summed E-state index contributed by atoms with van der Waals surface area (Å²) in [5.74, 6) is 0. The van der Waals surface area contributed by atoms with E-state index in [1.165, 1.54) is 31.3 Å². The first-order valence-corrected chi connectivity index (χ1v) is 5.75. The van der Waals surface area contributed by atoms with Crippen LogP contribution < -0.4 is 5.32 Å². The second-order valence-corrected chi connectivity index (χ2v) is 3.98. The van der Waals surface area contributed by atoms with E-state index in [1.54, 1.807) is 14.2 Å². The van der Waals surface area contributed by atoms with Gasteiger partial charge in [0, 0.05) is 14.2 Å². The second kappa shape index (κ2) is 6.99. The van der Waals surface area contributed by atoms with Crippen LogP contribution >= 0.6 is 0 Å². The minimum absolute atomic E-state index is 0.181. The summed E-state index contributed by atoms with van der Waals surface area (Å²) in [6, 6.07) is 0.193. The van der Waals surface area contributed by atoms with Crippen LogP contribution in [0.3, 0.4) is 0 Å². The number of allylic oxidation sites excluding steroid dienone is 1. The Labute approximate surface area is 92.8 Å². The van der Waals surface area contributed by atoms with Gasteiger partial charge < -0.3 is 14.8 Å². The van der Waals surface area contributed by atoms with E-state index in [2.05, 4.69) is 11.4 Å². The molecule has 1 unspecified atom stereocenters. The highest BCUT2D eigenvalue weighted by atomic mass is 16.7. The Kier molecular flexibility index (Phi) is 5.91. The van der Waals surface area contributed by atoms with Crippen LogP contribution in [0, 0.1) is 0 Å². The fraction of sp³-hybridized carbons (Fsp3) is 0.833. The number of rotatable bonds is 5. The monoisotopic (exact) mass is 213 g/mol. The maximum Gasteiger partial charge on any atom is 0.175 e. The third kappa shape index (κ3) is 3.59. The normalized spacial score (nSPS) is 19.9. The van der Waals surface area contributed by atoms with E-state index >= 15 is 0 Å². The lowest BCUT2D eigenvalue weighted by Crippen LogP contribution is -2.41. The summed E-state index contributed by atoms with van der Waals surface area (Å²) in [6.07, 6.45) is 8.44. The van der Waals surface area contributed by atoms with Gasteiger partial charge in [-0.05, 0) is 32.7 Å². The van der Waals surface area contributed by atoms with Gasteiger partial charge in [0.2, 0.25) is 0 Å². The highest BCUT2D eigenvalue weighted by Gasteiger charge is 2.23. The van der Waals surface area contributed by atoms with Crippen LogP contribution in [-0.2, 0) is 9.47 Å². The average Bonchev–Trinajstić information content (AvgIpc) is 2.54. The molecule has 0 aliphatic heterocycles. The van der Waals surface area contributed by atoms with Crippen molar-refractivity contribution in [2.75, 3.05) is 21.3 Å². The zero-order valence-corrected chi connectivity index (χ0v) is 10.1. The van der Waals surface area contributed by atoms with Crippen molar-refractivity contribution in [3.63, 3.8) is 0 Å². The number of methoxy groups -OCH3 is 2. The lowest BCUT2D eigenvalue weighted by Gasteiger charge is -2.26. The molecule has 0 saturated heterocycles. The summed E-state index contributed by atoms with van der Waals surface area (Å²) in [5, 5.41) is 3.28. The van der Waals surface area contributed by atoms with Gasteiger partial charge in [-0.1, -0.05) is 18.1 Å². The molecule has 0 heterocycles. The van der Waals surface area contributed by atoms with Crippen LogP contribution in [0.15, 0.2) is 11.6 Å². The molecule has 1 atom stereocenters. The van der Waals surface area contributed by atoms with Crippen LogP contribution in [0.1, 0.15) is 32.1 Å². The lowest BCUT2D eigenvalue weighted by molar-refractivity contribution is -0.115. The number of likely N-dealkylation sites (N-methyl/N-ethyl adjacent to an activating group) is 1. The minimum atomic E-state index is -0.181. The highest BCUT2D eigenvalue weighted by molar-refractivity contribution is 5.13. The van der Waals surface area contributed by atoms with Gasteiger partial charge in [0.1, 0.15) is 0 Å². The number of ether oxygens (including phenoxy) is 2. The molecular formula is C12H23NO2. The molecule has 0 amide bonds. The first kappa shape index (κ1) is 12.7. The third-order valence-corrected chi connectivity index (χ3v) is 3.02. The van der Waals surface area contributed by atoms with Crippen molar-refractivity contribution in [2.45, 2.75) is 44.4 Å². The Balaban J connectivity index is 2.66. The van der Waals surface area contributed by atoms with E-state index in [9.17, 15) is 0 Å². The largest absolute Gasteiger partial charge is 0.354 e. The molecule has 88 valence electrons. The van der Waals surface area contributed by atoms with E-state index in [0.29, 0.717) is 0 Å². The summed E-state index contributed by atoms with van der Waals surface area (Å²) in [6.45, 7) is 0. The smallest absolute Gasteiger partial charge is 0.175 e. The van der Waals surface area contributed by atoms with Gasteiger partial charge in [0.05, 0.1) is 6.04 Å². The fourth-order valence-electron chi connectivity index (χ4n) is 2.19. The quantitative estimate of drug-likeness (QED) is 0.560. The molecular weight excluding hydrogens is 190 g/mol. The van der Waals surface area contributed by atoms with Gasteiger partial charge in [-0.25, -0.2) is 0 Å². The first-order valence-electron chi connectivity index (χ1n) is 5.75. The van der Waals surface area contributed by atoms with E-state index in [-0.39, 0.29) is 12.3 Å². The van der Waals surface area contributed by atoms with Crippen molar-refractivity contribution in [3.05, 3.63) is 11.6 Å². The maximum atomic E-state index is 5.32. The molecule has 0 radical (unpaired) electrons. The molecule has 3 nitrogen and oxygen atoms in total. The molecule has 0 spiro atoms. The highest BCUT2D eigenvalue weighted by Crippen LogP contribution is 2.22. The molecule has 0 saturated carbocycles. The predicted molar refractivity (Wildman–Crippen MR) is 61.8 cm³/mol. The summed E-state index contributed by atoms with van der Waals surface area (Å²) in [7, 11) is 5.34. The summed E-state index contributed by atoms with van der Waals surface area (Å²) < 4.78 is 10.6. The molecule has 0 aromatic heterocycles. The van der Waals surface area contributed by atoms with E-state index < -0.39 is 0 Å². The zero-order valence-electron chi connectivity index (χ0n) is 10.1. The molecule has 1 aliphatic rings. The van der Waals surface area contributed by atoms with Crippen LogP contribution in [-0.4, -0.2) is 33.6 Å². The number of hydrogen-bond acceptors (Lipinski definition) is 3. The van der Waals surface area contributed by atoms with Gasteiger partial charge in [-0.15, -0.1) is 0 Å². The fourth-order valence-corrected chi connectivity index (χ4v) is 2.19. The number of hydrogen-bond donors (Lipinski definition) is 1. The van der Waals surface area contributed by atoms with E-state index in [4.69, 9.17) is 9.47 Å².